The van der Waals surface area contributed by atoms with E-state index in [1.165, 1.54) is 19.3 Å². The first-order valence-electron chi connectivity index (χ1n) is 9.89. The Kier molecular flexibility index (Phi) is 6.10. The predicted octanol–water partition coefficient (Wildman–Crippen LogP) is 5.69. The van der Waals surface area contributed by atoms with Crippen molar-refractivity contribution in [3.63, 3.8) is 0 Å². The number of nitrogens with one attached hydrogen (secondary N) is 2. The molecule has 1 aliphatic rings. The number of halogens is 1. The van der Waals surface area contributed by atoms with Crippen LogP contribution < -0.4 is 15.4 Å². The first kappa shape index (κ1) is 19.5. The first-order valence-corrected chi connectivity index (χ1v) is 10.3. The molecule has 4 rings (SSSR count). The SMILES string of the molecule is COc1ccc(Cl)cc1Nc1cc(-c2ccccn2)nc(NC2CCCCC2)n1. The molecule has 29 heavy (non-hydrogen) atoms. The molecule has 0 aliphatic heterocycles. The molecule has 0 spiro atoms. The van der Waals surface area contributed by atoms with E-state index in [9.17, 15) is 0 Å². The molecule has 2 aromatic heterocycles. The summed E-state index contributed by atoms with van der Waals surface area (Å²) in [5.41, 5.74) is 2.29. The molecule has 0 atom stereocenters. The van der Waals surface area contributed by atoms with Crippen molar-refractivity contribution in [2.45, 2.75) is 38.1 Å². The average Bonchev–Trinajstić information content (AvgIpc) is 2.75. The monoisotopic (exact) mass is 409 g/mol. The van der Waals surface area contributed by atoms with Gasteiger partial charge in [-0.2, -0.15) is 4.98 Å². The number of anilines is 3. The number of aromatic nitrogens is 3. The lowest BCUT2D eigenvalue weighted by Gasteiger charge is -2.23. The van der Waals surface area contributed by atoms with Crippen LogP contribution in [0.4, 0.5) is 17.5 Å². The van der Waals surface area contributed by atoms with Crippen molar-refractivity contribution >= 4 is 29.1 Å². The molecule has 1 aliphatic carbocycles. The Labute approximate surface area is 175 Å². The smallest absolute Gasteiger partial charge is 0.225 e. The lowest BCUT2D eigenvalue weighted by molar-refractivity contribution is 0.417. The maximum atomic E-state index is 6.18. The van der Waals surface area contributed by atoms with Crippen LogP contribution in [0.25, 0.3) is 11.4 Å². The Morgan fingerprint density at radius 1 is 1.00 bits per heavy atom. The third-order valence-corrected chi connectivity index (χ3v) is 5.25. The number of hydrogen-bond donors (Lipinski definition) is 2. The van der Waals surface area contributed by atoms with E-state index in [-0.39, 0.29) is 0 Å². The summed E-state index contributed by atoms with van der Waals surface area (Å²) in [5, 5.41) is 7.45. The van der Waals surface area contributed by atoms with E-state index in [0.717, 1.165) is 29.9 Å². The normalized spacial score (nSPS) is 14.4. The second-order valence-corrected chi connectivity index (χ2v) is 7.56. The molecule has 0 radical (unpaired) electrons. The summed E-state index contributed by atoms with van der Waals surface area (Å²) in [6.07, 6.45) is 7.82. The second kappa shape index (κ2) is 9.09. The molecule has 1 aromatic carbocycles. The number of nitrogens with zero attached hydrogens (tertiary/aromatic N) is 3. The summed E-state index contributed by atoms with van der Waals surface area (Å²) in [4.78, 5) is 13.9. The van der Waals surface area contributed by atoms with Gasteiger partial charge in [0.25, 0.3) is 0 Å². The number of methoxy groups -OCH3 is 1. The molecule has 0 saturated heterocycles. The van der Waals surface area contributed by atoms with Crippen LogP contribution in [0.5, 0.6) is 5.75 Å². The lowest BCUT2D eigenvalue weighted by Crippen LogP contribution is -2.23. The Hall–Kier alpha value is -2.86. The summed E-state index contributed by atoms with van der Waals surface area (Å²) < 4.78 is 5.45. The van der Waals surface area contributed by atoms with Gasteiger partial charge in [-0.3, -0.25) is 4.98 Å². The van der Waals surface area contributed by atoms with E-state index in [4.69, 9.17) is 26.3 Å². The van der Waals surface area contributed by atoms with Crippen molar-refractivity contribution in [3.05, 3.63) is 53.7 Å². The van der Waals surface area contributed by atoms with Crippen molar-refractivity contribution in [3.8, 4) is 17.1 Å². The van der Waals surface area contributed by atoms with Crippen LogP contribution in [-0.2, 0) is 0 Å². The van der Waals surface area contributed by atoms with Crippen LogP contribution in [0.3, 0.4) is 0 Å². The number of benzene rings is 1. The molecule has 1 fully saturated rings. The number of ether oxygens (including phenoxy) is 1. The zero-order valence-corrected chi connectivity index (χ0v) is 17.1. The van der Waals surface area contributed by atoms with Gasteiger partial charge in [0.2, 0.25) is 5.95 Å². The van der Waals surface area contributed by atoms with Crippen molar-refractivity contribution < 1.29 is 4.74 Å². The molecule has 0 unspecified atom stereocenters. The van der Waals surface area contributed by atoms with Crippen LogP contribution in [0.1, 0.15) is 32.1 Å². The molecular formula is C22H24ClN5O. The van der Waals surface area contributed by atoms with Crippen molar-refractivity contribution in [1.82, 2.24) is 15.0 Å². The number of hydrogen-bond acceptors (Lipinski definition) is 6. The van der Waals surface area contributed by atoms with Gasteiger partial charge in [0.1, 0.15) is 11.6 Å². The minimum absolute atomic E-state index is 0.399. The highest BCUT2D eigenvalue weighted by molar-refractivity contribution is 6.31. The predicted molar refractivity (Wildman–Crippen MR) is 117 cm³/mol. The van der Waals surface area contributed by atoms with E-state index < -0.39 is 0 Å². The molecule has 0 bridgehead atoms. The lowest BCUT2D eigenvalue weighted by atomic mass is 9.96. The van der Waals surface area contributed by atoms with Crippen molar-refractivity contribution in [1.29, 1.82) is 0 Å². The molecule has 2 N–H and O–H groups in total. The molecule has 150 valence electrons. The number of rotatable bonds is 6. The summed E-state index contributed by atoms with van der Waals surface area (Å²) in [6, 6.07) is 13.5. The van der Waals surface area contributed by atoms with E-state index in [1.807, 2.05) is 36.4 Å². The van der Waals surface area contributed by atoms with E-state index in [2.05, 4.69) is 15.6 Å². The van der Waals surface area contributed by atoms with Crippen molar-refractivity contribution in [2.75, 3.05) is 17.7 Å². The maximum absolute atomic E-state index is 6.18. The van der Waals surface area contributed by atoms with Crippen LogP contribution in [-0.4, -0.2) is 28.1 Å². The minimum Gasteiger partial charge on any atom is -0.495 e. The van der Waals surface area contributed by atoms with E-state index in [1.54, 1.807) is 19.4 Å². The maximum Gasteiger partial charge on any atom is 0.225 e. The second-order valence-electron chi connectivity index (χ2n) is 7.13. The zero-order chi connectivity index (χ0) is 20.1. The van der Waals surface area contributed by atoms with E-state index in [0.29, 0.717) is 28.6 Å². The molecule has 1 saturated carbocycles. The molecule has 0 amide bonds. The van der Waals surface area contributed by atoms with Gasteiger partial charge in [0.15, 0.2) is 0 Å². The Morgan fingerprint density at radius 2 is 1.86 bits per heavy atom. The van der Waals surface area contributed by atoms with Crippen LogP contribution in [0.15, 0.2) is 48.7 Å². The quantitative estimate of drug-likeness (QED) is 0.545. The van der Waals surface area contributed by atoms with Gasteiger partial charge >= 0.3 is 0 Å². The highest BCUT2D eigenvalue weighted by Gasteiger charge is 2.16. The molecule has 6 nitrogen and oxygen atoms in total. The number of pyridine rings is 1. The highest BCUT2D eigenvalue weighted by atomic mass is 35.5. The van der Waals surface area contributed by atoms with E-state index >= 15 is 0 Å². The summed E-state index contributed by atoms with van der Waals surface area (Å²) >= 11 is 6.18. The summed E-state index contributed by atoms with van der Waals surface area (Å²) in [5.74, 6) is 1.94. The molecular weight excluding hydrogens is 386 g/mol. The molecule has 3 aromatic rings. The Morgan fingerprint density at radius 3 is 2.62 bits per heavy atom. The van der Waals surface area contributed by atoms with Crippen LogP contribution >= 0.6 is 11.6 Å². The fraction of sp³-hybridized carbons (Fsp3) is 0.318. The van der Waals surface area contributed by atoms with Crippen molar-refractivity contribution in [2.24, 2.45) is 0 Å². The topological polar surface area (TPSA) is 72.0 Å². The minimum atomic E-state index is 0.399. The van der Waals surface area contributed by atoms with Gasteiger partial charge in [0.05, 0.1) is 24.2 Å². The van der Waals surface area contributed by atoms with Gasteiger partial charge in [-0.25, -0.2) is 4.98 Å². The fourth-order valence-electron chi connectivity index (χ4n) is 3.57. The third kappa shape index (κ3) is 4.95. The molecule has 7 heteroatoms. The Balaban J connectivity index is 1.68. The Bertz CT molecular complexity index is 961. The van der Waals surface area contributed by atoms with Gasteiger partial charge in [-0.15, -0.1) is 0 Å². The van der Waals surface area contributed by atoms with Crippen LogP contribution in [0, 0.1) is 0 Å². The first-order chi connectivity index (χ1) is 14.2. The third-order valence-electron chi connectivity index (χ3n) is 5.02. The van der Waals surface area contributed by atoms with Gasteiger partial charge in [-0.05, 0) is 43.2 Å². The average molecular weight is 410 g/mol. The summed E-state index contributed by atoms with van der Waals surface area (Å²) in [7, 11) is 1.63. The highest BCUT2D eigenvalue weighted by Crippen LogP contribution is 2.31. The molecule has 2 heterocycles. The standard InChI is InChI=1S/C22H24ClN5O/c1-29-20-11-10-15(23)13-19(20)26-21-14-18(17-9-5-6-12-24-17)27-22(28-21)25-16-7-3-2-4-8-16/h5-6,9-14,16H,2-4,7-8H2,1H3,(H2,25,26,27,28). The van der Waals surface area contributed by atoms with Gasteiger partial charge < -0.3 is 15.4 Å². The zero-order valence-electron chi connectivity index (χ0n) is 16.4. The van der Waals surface area contributed by atoms with Crippen LogP contribution in [0.2, 0.25) is 5.02 Å². The fourth-order valence-corrected chi connectivity index (χ4v) is 3.74. The summed E-state index contributed by atoms with van der Waals surface area (Å²) in [6.45, 7) is 0. The van der Waals surface area contributed by atoms with Gasteiger partial charge in [-0.1, -0.05) is 36.9 Å². The van der Waals surface area contributed by atoms with Gasteiger partial charge in [0, 0.05) is 23.3 Å². The largest absolute Gasteiger partial charge is 0.495 e.